The number of thiol groups is 1. The Kier molecular flexibility index (Phi) is 4.82. The molecule has 1 rings (SSSR count). The predicted molar refractivity (Wildman–Crippen MR) is 56.8 cm³/mol. The van der Waals surface area contributed by atoms with Crippen LogP contribution in [0.5, 0.6) is 0 Å². The fourth-order valence-corrected chi connectivity index (χ4v) is 1.78. The lowest BCUT2D eigenvalue weighted by molar-refractivity contribution is -0.276. The van der Waals surface area contributed by atoms with Crippen molar-refractivity contribution in [3.63, 3.8) is 0 Å². The molecule has 0 saturated carbocycles. The molecule has 5 atom stereocenters. The van der Waals surface area contributed by atoms with Crippen LogP contribution in [0.2, 0.25) is 0 Å². The summed E-state index contributed by atoms with van der Waals surface area (Å²) >= 11 is 4.07. The summed E-state index contributed by atoms with van der Waals surface area (Å²) in [6.07, 6.45) is -3.73. The van der Waals surface area contributed by atoms with Crippen LogP contribution in [0.1, 0.15) is 13.8 Å². The number of aliphatic hydroxyl groups excluding tert-OH is 3. The van der Waals surface area contributed by atoms with E-state index in [1.54, 1.807) is 0 Å². The van der Waals surface area contributed by atoms with Gasteiger partial charge in [-0.3, -0.25) is 0 Å². The summed E-state index contributed by atoms with van der Waals surface area (Å²) in [5, 5.41) is 27.6. The molecule has 0 aromatic rings. The van der Waals surface area contributed by atoms with Gasteiger partial charge < -0.3 is 24.8 Å². The van der Waals surface area contributed by atoms with Crippen molar-refractivity contribution in [2.24, 2.45) is 0 Å². The second-order valence-corrected chi connectivity index (χ2v) is 4.48. The summed E-state index contributed by atoms with van der Waals surface area (Å²) in [4.78, 5) is 0. The second-order valence-electron chi connectivity index (χ2n) is 3.88. The van der Waals surface area contributed by atoms with E-state index in [1.807, 2.05) is 13.8 Å². The number of aliphatic hydroxyl groups is 3. The van der Waals surface area contributed by atoms with E-state index in [-0.39, 0.29) is 12.7 Å². The highest BCUT2D eigenvalue weighted by atomic mass is 32.1. The van der Waals surface area contributed by atoms with Crippen LogP contribution < -0.4 is 0 Å². The normalized spacial score (nSPS) is 42.2. The minimum atomic E-state index is -1.01. The van der Waals surface area contributed by atoms with Crippen molar-refractivity contribution >= 4 is 12.6 Å². The Morgan fingerprint density at radius 2 is 1.93 bits per heavy atom. The maximum atomic E-state index is 9.70. The standard InChI is InChI=1S/C9H18O5S/c1-4(2)13-9-7(12)8(15)6(11)5(3-10)14-9/h4-12,15H,3H2,1-2H3/t5-,6+,7-,8-,9+/m0/s1. The van der Waals surface area contributed by atoms with Crippen molar-refractivity contribution in [1.29, 1.82) is 0 Å². The SMILES string of the molecule is CC(C)O[C@@H]1O[C@@H](CO)[C@@H](O)[C@H](S)[C@@H]1O. The molecule has 6 heteroatoms. The van der Waals surface area contributed by atoms with Crippen LogP contribution in [-0.2, 0) is 9.47 Å². The van der Waals surface area contributed by atoms with Crippen LogP contribution in [0.3, 0.4) is 0 Å². The van der Waals surface area contributed by atoms with Crippen molar-refractivity contribution in [1.82, 2.24) is 0 Å². The van der Waals surface area contributed by atoms with E-state index in [9.17, 15) is 10.2 Å². The zero-order valence-electron chi connectivity index (χ0n) is 8.78. The van der Waals surface area contributed by atoms with Crippen molar-refractivity contribution < 1.29 is 24.8 Å². The first-order valence-electron chi connectivity index (χ1n) is 4.93. The molecule has 15 heavy (non-hydrogen) atoms. The molecule has 1 aliphatic rings. The highest BCUT2D eigenvalue weighted by Gasteiger charge is 2.43. The highest BCUT2D eigenvalue weighted by Crippen LogP contribution is 2.26. The molecular weight excluding hydrogens is 220 g/mol. The molecule has 90 valence electrons. The third kappa shape index (κ3) is 3.05. The third-order valence-electron chi connectivity index (χ3n) is 2.25. The molecule has 0 aliphatic carbocycles. The molecule has 1 aliphatic heterocycles. The average Bonchev–Trinajstić information content (AvgIpc) is 2.18. The molecule has 0 spiro atoms. The second kappa shape index (κ2) is 5.47. The average molecular weight is 238 g/mol. The van der Waals surface area contributed by atoms with Gasteiger partial charge in [0.2, 0.25) is 0 Å². The Morgan fingerprint density at radius 3 is 2.40 bits per heavy atom. The molecule has 0 unspecified atom stereocenters. The van der Waals surface area contributed by atoms with E-state index in [4.69, 9.17) is 14.6 Å². The minimum absolute atomic E-state index is 0.111. The first-order valence-corrected chi connectivity index (χ1v) is 5.45. The first kappa shape index (κ1) is 13.2. The molecule has 3 N–H and O–H groups in total. The van der Waals surface area contributed by atoms with E-state index in [0.717, 1.165) is 0 Å². The van der Waals surface area contributed by atoms with Gasteiger partial charge in [0.05, 0.1) is 24.1 Å². The summed E-state index contributed by atoms with van der Waals surface area (Å²) in [7, 11) is 0. The lowest BCUT2D eigenvalue weighted by Gasteiger charge is -2.40. The lowest BCUT2D eigenvalue weighted by Crippen LogP contribution is -2.57. The summed E-state index contributed by atoms with van der Waals surface area (Å²) in [5.41, 5.74) is 0. The Balaban J connectivity index is 2.65. The van der Waals surface area contributed by atoms with Gasteiger partial charge in [0.25, 0.3) is 0 Å². The molecular formula is C9H18O5S. The smallest absolute Gasteiger partial charge is 0.185 e. The van der Waals surface area contributed by atoms with Crippen molar-refractivity contribution in [3.8, 4) is 0 Å². The zero-order valence-corrected chi connectivity index (χ0v) is 9.67. The highest BCUT2D eigenvalue weighted by molar-refractivity contribution is 7.81. The van der Waals surface area contributed by atoms with Crippen LogP contribution in [0.25, 0.3) is 0 Å². The molecule has 1 saturated heterocycles. The van der Waals surface area contributed by atoms with Gasteiger partial charge in [0.15, 0.2) is 6.29 Å². The van der Waals surface area contributed by atoms with Crippen LogP contribution in [0.4, 0.5) is 0 Å². The van der Waals surface area contributed by atoms with E-state index >= 15 is 0 Å². The van der Waals surface area contributed by atoms with Gasteiger partial charge in [-0.25, -0.2) is 0 Å². The molecule has 1 heterocycles. The van der Waals surface area contributed by atoms with Crippen molar-refractivity contribution in [2.75, 3.05) is 6.61 Å². The van der Waals surface area contributed by atoms with Gasteiger partial charge >= 0.3 is 0 Å². The Labute approximate surface area is 94.4 Å². The number of hydrogen-bond donors (Lipinski definition) is 4. The largest absolute Gasteiger partial charge is 0.394 e. The van der Waals surface area contributed by atoms with Crippen LogP contribution in [0.15, 0.2) is 0 Å². The fraction of sp³-hybridized carbons (Fsp3) is 1.00. The van der Waals surface area contributed by atoms with Crippen LogP contribution in [-0.4, -0.2) is 57.9 Å². The Morgan fingerprint density at radius 1 is 1.33 bits per heavy atom. The van der Waals surface area contributed by atoms with Crippen molar-refractivity contribution in [2.45, 2.75) is 49.8 Å². The van der Waals surface area contributed by atoms with Gasteiger partial charge in [-0.05, 0) is 13.8 Å². The predicted octanol–water partition coefficient (Wildman–Crippen LogP) is -0.851. The van der Waals surface area contributed by atoms with Gasteiger partial charge in [0, 0.05) is 0 Å². The maximum absolute atomic E-state index is 9.70. The van der Waals surface area contributed by atoms with Crippen molar-refractivity contribution in [3.05, 3.63) is 0 Å². The minimum Gasteiger partial charge on any atom is -0.394 e. The molecule has 0 amide bonds. The molecule has 1 fully saturated rings. The topological polar surface area (TPSA) is 79.2 Å². The van der Waals surface area contributed by atoms with Crippen LogP contribution >= 0.6 is 12.6 Å². The summed E-state index contributed by atoms with van der Waals surface area (Å²) < 4.78 is 10.5. The van der Waals surface area contributed by atoms with Gasteiger partial charge in [0.1, 0.15) is 12.2 Å². The maximum Gasteiger partial charge on any atom is 0.185 e. The van der Waals surface area contributed by atoms with E-state index < -0.39 is 29.9 Å². The zero-order chi connectivity index (χ0) is 11.6. The monoisotopic (exact) mass is 238 g/mol. The molecule has 0 radical (unpaired) electrons. The Hall–Kier alpha value is 0.150. The third-order valence-corrected chi connectivity index (χ3v) is 2.87. The van der Waals surface area contributed by atoms with Gasteiger partial charge in [-0.15, -0.1) is 0 Å². The summed E-state index contributed by atoms with van der Waals surface area (Å²) in [6.45, 7) is 3.29. The molecule has 0 aromatic heterocycles. The first-order chi connectivity index (χ1) is 6.97. The van der Waals surface area contributed by atoms with E-state index in [0.29, 0.717) is 0 Å². The summed E-state index contributed by atoms with van der Waals surface area (Å²) in [5.74, 6) is 0. The van der Waals surface area contributed by atoms with Gasteiger partial charge in [-0.2, -0.15) is 12.6 Å². The fourth-order valence-electron chi connectivity index (χ4n) is 1.45. The van der Waals surface area contributed by atoms with Gasteiger partial charge in [-0.1, -0.05) is 0 Å². The van der Waals surface area contributed by atoms with Crippen LogP contribution in [0, 0.1) is 0 Å². The summed E-state index contributed by atoms with van der Waals surface area (Å²) in [6, 6.07) is 0. The van der Waals surface area contributed by atoms with E-state index in [2.05, 4.69) is 12.6 Å². The molecule has 0 bridgehead atoms. The molecule has 0 aromatic carbocycles. The number of hydrogen-bond acceptors (Lipinski definition) is 6. The number of ether oxygens (including phenoxy) is 2. The molecule has 5 nitrogen and oxygen atoms in total. The Bertz CT molecular complexity index is 199. The quantitative estimate of drug-likeness (QED) is 0.482. The lowest BCUT2D eigenvalue weighted by atomic mass is 10.0. The van der Waals surface area contributed by atoms with E-state index in [1.165, 1.54) is 0 Å². The number of rotatable bonds is 3.